The lowest BCUT2D eigenvalue weighted by Crippen LogP contribution is -2.30. The van der Waals surface area contributed by atoms with Gasteiger partial charge in [-0.2, -0.15) is 0 Å². The number of benzene rings is 1. The molecule has 0 nitrogen and oxygen atoms in total. The smallest absolute Gasteiger partial charge is 0.0120 e. The van der Waals surface area contributed by atoms with Crippen LogP contribution in [0.2, 0.25) is 0 Å². The van der Waals surface area contributed by atoms with Crippen molar-refractivity contribution in [3.8, 4) is 0 Å². The summed E-state index contributed by atoms with van der Waals surface area (Å²) < 4.78 is 0. The zero-order valence-corrected chi connectivity index (χ0v) is 10.5. The van der Waals surface area contributed by atoms with Crippen LogP contribution >= 0.6 is 0 Å². The SMILES string of the molecule is C=CC(=C)/C(=c1/ccccc1=C)C(C)(C)C. The van der Waals surface area contributed by atoms with Crippen molar-refractivity contribution < 1.29 is 0 Å². The van der Waals surface area contributed by atoms with Crippen LogP contribution in [0.3, 0.4) is 0 Å². The summed E-state index contributed by atoms with van der Waals surface area (Å²) in [6.07, 6.45) is 1.81. The molecule has 0 aliphatic heterocycles. The minimum Gasteiger partial charge on any atom is -0.0985 e. The van der Waals surface area contributed by atoms with Crippen molar-refractivity contribution in [2.75, 3.05) is 0 Å². The monoisotopic (exact) mass is 212 g/mol. The number of hydrogen-bond donors (Lipinski definition) is 0. The van der Waals surface area contributed by atoms with Gasteiger partial charge in [0.15, 0.2) is 0 Å². The zero-order chi connectivity index (χ0) is 12.3. The molecule has 0 fully saturated rings. The highest BCUT2D eigenvalue weighted by Crippen LogP contribution is 2.30. The second kappa shape index (κ2) is 4.52. The average Bonchev–Trinajstić information content (AvgIpc) is 2.19. The Labute approximate surface area is 98.3 Å². The minimum absolute atomic E-state index is 0.0407. The first kappa shape index (κ1) is 12.5. The maximum atomic E-state index is 4.08. The summed E-state index contributed by atoms with van der Waals surface area (Å²) in [6, 6.07) is 8.16. The highest BCUT2D eigenvalue weighted by Gasteiger charge is 2.18. The topological polar surface area (TPSA) is 0 Å². The van der Waals surface area contributed by atoms with E-state index in [2.05, 4.69) is 46.6 Å². The van der Waals surface area contributed by atoms with E-state index in [-0.39, 0.29) is 5.41 Å². The molecule has 84 valence electrons. The standard InChI is InChI=1S/C16H20/c1-7-12(2)15(16(4,5)6)14-11-9-8-10-13(14)3/h7-11H,1-3H2,4-6H3/b15-14+. The third-order valence-corrected chi connectivity index (χ3v) is 2.60. The molecule has 0 aromatic heterocycles. The van der Waals surface area contributed by atoms with E-state index in [1.807, 2.05) is 24.3 Å². The van der Waals surface area contributed by atoms with Crippen molar-refractivity contribution in [1.82, 2.24) is 0 Å². The van der Waals surface area contributed by atoms with E-state index < -0.39 is 0 Å². The molecular formula is C16H20. The minimum atomic E-state index is 0.0407. The van der Waals surface area contributed by atoms with E-state index in [1.165, 1.54) is 10.8 Å². The summed E-state index contributed by atoms with van der Waals surface area (Å²) in [4.78, 5) is 0. The van der Waals surface area contributed by atoms with Gasteiger partial charge in [-0.15, -0.1) is 0 Å². The molecule has 0 heteroatoms. The molecule has 1 rings (SSSR count). The van der Waals surface area contributed by atoms with Crippen molar-refractivity contribution in [1.29, 1.82) is 0 Å². The molecule has 16 heavy (non-hydrogen) atoms. The second-order valence-corrected chi connectivity index (χ2v) is 5.01. The van der Waals surface area contributed by atoms with Crippen LogP contribution in [0.4, 0.5) is 0 Å². The van der Waals surface area contributed by atoms with Crippen molar-refractivity contribution in [3.05, 3.63) is 59.5 Å². The van der Waals surface area contributed by atoms with Gasteiger partial charge in [0, 0.05) is 0 Å². The lowest BCUT2D eigenvalue weighted by Gasteiger charge is -2.24. The third-order valence-electron chi connectivity index (χ3n) is 2.60. The normalized spacial score (nSPS) is 13.2. The predicted molar refractivity (Wildman–Crippen MR) is 73.4 cm³/mol. The van der Waals surface area contributed by atoms with Gasteiger partial charge in [0.1, 0.15) is 0 Å². The molecule has 0 N–H and O–H groups in total. The Morgan fingerprint density at radius 3 is 2.19 bits per heavy atom. The van der Waals surface area contributed by atoms with Crippen molar-refractivity contribution in [2.24, 2.45) is 5.41 Å². The van der Waals surface area contributed by atoms with Gasteiger partial charge in [-0.25, -0.2) is 0 Å². The van der Waals surface area contributed by atoms with Gasteiger partial charge < -0.3 is 0 Å². The van der Waals surface area contributed by atoms with Gasteiger partial charge in [-0.3, -0.25) is 0 Å². The molecule has 0 radical (unpaired) electrons. The third kappa shape index (κ3) is 2.52. The van der Waals surface area contributed by atoms with Crippen molar-refractivity contribution in [2.45, 2.75) is 20.8 Å². The summed E-state index contributed by atoms with van der Waals surface area (Å²) >= 11 is 0. The van der Waals surface area contributed by atoms with Gasteiger partial charge >= 0.3 is 0 Å². The Morgan fingerprint density at radius 2 is 1.75 bits per heavy atom. The van der Waals surface area contributed by atoms with Crippen LogP contribution in [0.25, 0.3) is 12.2 Å². The van der Waals surface area contributed by atoms with Crippen molar-refractivity contribution >= 4 is 12.2 Å². The highest BCUT2D eigenvalue weighted by atomic mass is 14.2. The van der Waals surface area contributed by atoms with E-state index in [0.717, 1.165) is 10.8 Å². The number of allylic oxidation sites excluding steroid dienone is 2. The molecular weight excluding hydrogens is 192 g/mol. The fraction of sp³-hybridized carbons (Fsp3) is 0.250. The molecule has 0 bridgehead atoms. The Hall–Kier alpha value is -1.56. The first-order valence-electron chi connectivity index (χ1n) is 5.48. The first-order chi connectivity index (χ1) is 7.38. The van der Waals surface area contributed by atoms with Crippen molar-refractivity contribution in [3.63, 3.8) is 0 Å². The zero-order valence-electron chi connectivity index (χ0n) is 10.5. The highest BCUT2D eigenvalue weighted by molar-refractivity contribution is 5.70. The molecule has 0 saturated heterocycles. The Bertz CT molecular complexity index is 510. The van der Waals surface area contributed by atoms with Crippen LogP contribution < -0.4 is 10.4 Å². The fourth-order valence-electron chi connectivity index (χ4n) is 1.92. The quantitative estimate of drug-likeness (QED) is 0.661. The summed E-state index contributed by atoms with van der Waals surface area (Å²) in [6.45, 7) is 18.5. The molecule has 0 unspecified atom stereocenters. The molecule has 0 aliphatic carbocycles. The molecule has 0 amide bonds. The fourth-order valence-corrected chi connectivity index (χ4v) is 1.92. The average molecular weight is 212 g/mol. The lowest BCUT2D eigenvalue weighted by molar-refractivity contribution is 0.564. The van der Waals surface area contributed by atoms with Crippen LogP contribution in [-0.4, -0.2) is 0 Å². The lowest BCUT2D eigenvalue weighted by atomic mass is 9.80. The number of rotatable bonds is 2. The Morgan fingerprint density at radius 1 is 1.19 bits per heavy atom. The maximum Gasteiger partial charge on any atom is -0.0120 e. The van der Waals surface area contributed by atoms with Crippen LogP contribution in [0.1, 0.15) is 20.8 Å². The number of hydrogen-bond acceptors (Lipinski definition) is 0. The van der Waals surface area contributed by atoms with E-state index in [1.54, 1.807) is 0 Å². The molecule has 1 aromatic carbocycles. The summed E-state index contributed by atoms with van der Waals surface area (Å²) in [5.74, 6) is 0. The molecule has 0 atom stereocenters. The van der Waals surface area contributed by atoms with Crippen LogP contribution in [0, 0.1) is 5.41 Å². The largest absolute Gasteiger partial charge is 0.0985 e. The van der Waals surface area contributed by atoms with Gasteiger partial charge in [0.05, 0.1) is 0 Å². The molecule has 0 heterocycles. The van der Waals surface area contributed by atoms with Crippen LogP contribution in [0.5, 0.6) is 0 Å². The first-order valence-corrected chi connectivity index (χ1v) is 5.48. The Kier molecular flexibility index (Phi) is 3.54. The van der Waals surface area contributed by atoms with E-state index in [0.29, 0.717) is 0 Å². The van der Waals surface area contributed by atoms with Gasteiger partial charge in [0.25, 0.3) is 0 Å². The maximum absolute atomic E-state index is 4.08. The Balaban J connectivity index is 3.74. The van der Waals surface area contributed by atoms with Gasteiger partial charge in [0.2, 0.25) is 0 Å². The second-order valence-electron chi connectivity index (χ2n) is 5.01. The van der Waals surface area contributed by atoms with E-state index in [9.17, 15) is 0 Å². The molecule has 0 spiro atoms. The summed E-state index contributed by atoms with van der Waals surface area (Å²) in [5, 5.41) is 2.20. The van der Waals surface area contributed by atoms with E-state index in [4.69, 9.17) is 0 Å². The summed E-state index contributed by atoms with van der Waals surface area (Å²) in [7, 11) is 0. The molecule has 0 aliphatic rings. The van der Waals surface area contributed by atoms with Crippen LogP contribution in [-0.2, 0) is 0 Å². The predicted octanol–water partition coefficient (Wildman–Crippen LogP) is 3.04. The van der Waals surface area contributed by atoms with Gasteiger partial charge in [-0.05, 0) is 27.0 Å². The van der Waals surface area contributed by atoms with E-state index >= 15 is 0 Å². The summed E-state index contributed by atoms with van der Waals surface area (Å²) in [5.41, 5.74) is 2.23. The molecule has 0 saturated carbocycles. The van der Waals surface area contributed by atoms with Gasteiger partial charge in [-0.1, -0.05) is 70.8 Å². The van der Waals surface area contributed by atoms with Crippen LogP contribution in [0.15, 0.2) is 49.1 Å². The molecule has 1 aromatic rings.